The quantitative estimate of drug-likeness (QED) is 0.702. The van der Waals surface area contributed by atoms with Gasteiger partial charge >= 0.3 is 0 Å². The minimum atomic E-state index is -0.208. The zero-order valence-electron chi connectivity index (χ0n) is 6.13. The molecular weight excluding hydrogens is 162 g/mol. The van der Waals surface area contributed by atoms with Gasteiger partial charge in [-0.2, -0.15) is 0 Å². The maximum atomic E-state index is 11.1. The molecule has 1 rings (SSSR count). The molecule has 0 unspecified atom stereocenters. The van der Waals surface area contributed by atoms with Gasteiger partial charge < -0.3 is 10.4 Å². The van der Waals surface area contributed by atoms with E-state index in [0.29, 0.717) is 11.4 Å². The molecule has 60 valence electrons. The number of rotatable bonds is 2. The van der Waals surface area contributed by atoms with Crippen LogP contribution in [0.1, 0.15) is 16.6 Å². The first-order chi connectivity index (χ1) is 5.25. The second-order valence-corrected chi connectivity index (χ2v) is 2.91. The first-order valence-corrected chi connectivity index (χ1v) is 4.18. The number of carbonyl (C=O) groups excluding carboxylic acids is 1. The minimum absolute atomic E-state index is 0.0564. The van der Waals surface area contributed by atoms with Gasteiger partial charge in [0.2, 0.25) is 0 Å². The van der Waals surface area contributed by atoms with E-state index in [9.17, 15) is 4.79 Å². The van der Waals surface area contributed by atoms with Crippen LogP contribution in [-0.4, -0.2) is 17.6 Å². The first-order valence-electron chi connectivity index (χ1n) is 3.30. The van der Waals surface area contributed by atoms with Crippen molar-refractivity contribution < 1.29 is 9.90 Å². The zero-order valence-corrected chi connectivity index (χ0v) is 6.94. The molecule has 0 fully saturated rings. The predicted octanol–water partition coefficient (Wildman–Crippen LogP) is 1.20. The summed E-state index contributed by atoms with van der Waals surface area (Å²) in [6, 6.07) is 1.51. The van der Waals surface area contributed by atoms with Gasteiger partial charge in [0.25, 0.3) is 5.91 Å². The van der Waals surface area contributed by atoms with Crippen molar-refractivity contribution in [1.29, 1.82) is 0 Å². The molecule has 0 aliphatic heterocycles. The van der Waals surface area contributed by atoms with Crippen molar-refractivity contribution in [3.05, 3.63) is 16.3 Å². The van der Waals surface area contributed by atoms with E-state index in [1.807, 2.05) is 6.92 Å². The molecule has 1 aromatic rings. The Labute approximate surface area is 68.7 Å². The van der Waals surface area contributed by atoms with Crippen molar-refractivity contribution >= 4 is 17.2 Å². The third-order valence-corrected chi connectivity index (χ3v) is 2.09. The molecule has 0 radical (unpaired) electrons. The summed E-state index contributed by atoms with van der Waals surface area (Å²) in [7, 11) is 0. The highest BCUT2D eigenvalue weighted by molar-refractivity contribution is 7.12. The minimum Gasteiger partial charge on any atom is -0.506 e. The number of carbonyl (C=O) groups is 1. The van der Waals surface area contributed by atoms with Gasteiger partial charge in [-0.1, -0.05) is 0 Å². The number of aromatic hydroxyl groups is 1. The normalized spacial score (nSPS) is 9.55. The lowest BCUT2D eigenvalue weighted by molar-refractivity contribution is 0.0957. The molecule has 0 aromatic carbocycles. The zero-order chi connectivity index (χ0) is 8.27. The van der Waals surface area contributed by atoms with Crippen LogP contribution in [0.2, 0.25) is 0 Å². The van der Waals surface area contributed by atoms with Crippen LogP contribution in [0.25, 0.3) is 0 Å². The van der Waals surface area contributed by atoms with Crippen molar-refractivity contribution in [1.82, 2.24) is 5.32 Å². The molecule has 11 heavy (non-hydrogen) atoms. The molecule has 1 aromatic heterocycles. The summed E-state index contributed by atoms with van der Waals surface area (Å²) in [4.78, 5) is 11.4. The molecule has 1 amide bonds. The Morgan fingerprint density at radius 3 is 3.00 bits per heavy atom. The van der Waals surface area contributed by atoms with Crippen molar-refractivity contribution in [3.63, 3.8) is 0 Å². The summed E-state index contributed by atoms with van der Waals surface area (Å²) >= 11 is 1.24. The average molecular weight is 171 g/mol. The summed E-state index contributed by atoms with van der Waals surface area (Å²) in [6.07, 6.45) is 0. The van der Waals surface area contributed by atoms with Gasteiger partial charge in [-0.3, -0.25) is 4.79 Å². The van der Waals surface area contributed by atoms with Crippen molar-refractivity contribution in [2.24, 2.45) is 0 Å². The molecule has 0 spiro atoms. The van der Waals surface area contributed by atoms with Gasteiger partial charge in [0, 0.05) is 6.54 Å². The van der Waals surface area contributed by atoms with Crippen molar-refractivity contribution in [2.45, 2.75) is 6.92 Å². The summed E-state index contributed by atoms with van der Waals surface area (Å²) < 4.78 is 0. The predicted molar refractivity (Wildman–Crippen MR) is 44.0 cm³/mol. The fourth-order valence-electron chi connectivity index (χ4n) is 0.713. The fraction of sp³-hybridized carbons (Fsp3) is 0.286. The highest BCUT2D eigenvalue weighted by Gasteiger charge is 2.10. The highest BCUT2D eigenvalue weighted by Crippen LogP contribution is 2.22. The Balaban J connectivity index is 2.76. The van der Waals surface area contributed by atoms with E-state index in [4.69, 9.17) is 5.11 Å². The van der Waals surface area contributed by atoms with E-state index >= 15 is 0 Å². The Bertz CT molecular complexity index is 257. The van der Waals surface area contributed by atoms with E-state index in [1.54, 1.807) is 5.38 Å². The van der Waals surface area contributed by atoms with Gasteiger partial charge in [-0.05, 0) is 18.4 Å². The molecular formula is C7H9NO2S. The molecule has 0 bridgehead atoms. The van der Waals surface area contributed by atoms with Gasteiger partial charge in [-0.25, -0.2) is 0 Å². The maximum Gasteiger partial charge on any atom is 0.265 e. The Hall–Kier alpha value is -1.03. The second-order valence-electron chi connectivity index (χ2n) is 1.99. The van der Waals surface area contributed by atoms with Gasteiger partial charge in [0.1, 0.15) is 10.6 Å². The fourth-order valence-corrected chi connectivity index (χ4v) is 1.41. The van der Waals surface area contributed by atoms with E-state index in [0.717, 1.165) is 0 Å². The molecule has 4 heteroatoms. The Morgan fingerprint density at radius 1 is 1.82 bits per heavy atom. The summed E-state index contributed by atoms with van der Waals surface area (Å²) in [5.74, 6) is -0.152. The number of nitrogens with one attached hydrogen (secondary N) is 1. The second kappa shape index (κ2) is 3.39. The van der Waals surface area contributed by atoms with Crippen molar-refractivity contribution in [2.75, 3.05) is 6.54 Å². The van der Waals surface area contributed by atoms with Crippen LogP contribution in [0.15, 0.2) is 11.4 Å². The SMILES string of the molecule is CCNC(=O)c1sccc1O. The molecule has 1 heterocycles. The van der Waals surface area contributed by atoms with Crippen LogP contribution in [0.5, 0.6) is 5.75 Å². The maximum absolute atomic E-state index is 11.1. The molecule has 2 N–H and O–H groups in total. The van der Waals surface area contributed by atoms with Gasteiger partial charge in [-0.15, -0.1) is 11.3 Å². The van der Waals surface area contributed by atoms with E-state index in [1.165, 1.54) is 17.4 Å². The first kappa shape index (κ1) is 8.07. The lowest BCUT2D eigenvalue weighted by Crippen LogP contribution is -2.21. The smallest absolute Gasteiger partial charge is 0.265 e. The number of hydrogen-bond acceptors (Lipinski definition) is 3. The molecule has 0 saturated heterocycles. The van der Waals surface area contributed by atoms with Crippen LogP contribution < -0.4 is 5.32 Å². The Kier molecular flexibility index (Phi) is 2.48. The average Bonchev–Trinajstić information content (AvgIpc) is 2.36. The van der Waals surface area contributed by atoms with Crippen LogP contribution in [0.4, 0.5) is 0 Å². The number of thiophene rings is 1. The molecule has 0 atom stereocenters. The topological polar surface area (TPSA) is 49.3 Å². The molecule has 0 saturated carbocycles. The van der Waals surface area contributed by atoms with Crippen molar-refractivity contribution in [3.8, 4) is 5.75 Å². The summed E-state index contributed by atoms with van der Waals surface area (Å²) in [6.45, 7) is 2.42. The summed E-state index contributed by atoms with van der Waals surface area (Å²) in [5.41, 5.74) is 0. The molecule has 3 nitrogen and oxygen atoms in total. The largest absolute Gasteiger partial charge is 0.506 e. The number of hydrogen-bond donors (Lipinski definition) is 2. The Morgan fingerprint density at radius 2 is 2.55 bits per heavy atom. The standard InChI is InChI=1S/C7H9NO2S/c1-2-8-7(10)6-5(9)3-4-11-6/h3-4,9H,2H2,1H3,(H,8,10). The van der Waals surface area contributed by atoms with E-state index < -0.39 is 0 Å². The van der Waals surface area contributed by atoms with Crippen LogP contribution >= 0.6 is 11.3 Å². The highest BCUT2D eigenvalue weighted by atomic mass is 32.1. The van der Waals surface area contributed by atoms with Gasteiger partial charge in [0.15, 0.2) is 0 Å². The van der Waals surface area contributed by atoms with E-state index in [-0.39, 0.29) is 11.7 Å². The molecule has 0 aliphatic rings. The lowest BCUT2D eigenvalue weighted by Gasteiger charge is -1.97. The van der Waals surface area contributed by atoms with Crippen LogP contribution in [0, 0.1) is 0 Å². The molecule has 0 aliphatic carbocycles. The number of amides is 1. The van der Waals surface area contributed by atoms with Gasteiger partial charge in [0.05, 0.1) is 0 Å². The monoisotopic (exact) mass is 171 g/mol. The van der Waals surface area contributed by atoms with Crippen LogP contribution in [0.3, 0.4) is 0 Å². The van der Waals surface area contributed by atoms with E-state index in [2.05, 4.69) is 5.32 Å². The summed E-state index contributed by atoms with van der Waals surface area (Å²) in [5, 5.41) is 13.4. The third kappa shape index (κ3) is 1.71. The lowest BCUT2D eigenvalue weighted by atomic mass is 10.4. The third-order valence-electron chi connectivity index (χ3n) is 1.19. The van der Waals surface area contributed by atoms with Crippen LogP contribution in [-0.2, 0) is 0 Å².